The minimum atomic E-state index is -0.817. The number of piperidine rings is 1. The monoisotopic (exact) mass is 275 g/mol. The third-order valence-corrected chi connectivity index (χ3v) is 3.73. The van der Waals surface area contributed by atoms with E-state index in [1.807, 2.05) is 24.3 Å². The molecule has 0 aromatic heterocycles. The molecule has 4 heteroatoms. The lowest BCUT2D eigenvalue weighted by atomic mass is 9.99. The summed E-state index contributed by atoms with van der Waals surface area (Å²) in [5, 5.41) is 10.2. The molecule has 2 rings (SSSR count). The number of carbonyl (C=O) groups excluding carboxylic acids is 2. The second kappa shape index (κ2) is 6.18. The van der Waals surface area contributed by atoms with Crippen LogP contribution in [0.3, 0.4) is 0 Å². The van der Waals surface area contributed by atoms with Crippen molar-refractivity contribution in [1.82, 2.24) is 4.90 Å². The summed E-state index contributed by atoms with van der Waals surface area (Å²) in [6.07, 6.45) is 0.588. The minimum absolute atomic E-state index is 0.0543. The number of imide groups is 1. The Balaban J connectivity index is 2.05. The van der Waals surface area contributed by atoms with Crippen molar-refractivity contribution in [1.29, 1.82) is 0 Å². The van der Waals surface area contributed by atoms with Gasteiger partial charge in [-0.25, -0.2) is 0 Å². The molecule has 0 aliphatic carbocycles. The molecule has 1 unspecified atom stereocenters. The first-order valence-electron chi connectivity index (χ1n) is 7.10. The molecule has 1 N–H and O–H groups in total. The highest BCUT2D eigenvalue weighted by Crippen LogP contribution is 2.21. The fourth-order valence-electron chi connectivity index (χ4n) is 2.38. The molecule has 0 radical (unpaired) electrons. The van der Waals surface area contributed by atoms with Crippen LogP contribution in [0.15, 0.2) is 24.3 Å². The van der Waals surface area contributed by atoms with Gasteiger partial charge in [-0.15, -0.1) is 0 Å². The molecule has 108 valence electrons. The first-order valence-corrected chi connectivity index (χ1v) is 7.10. The lowest BCUT2D eigenvalue weighted by Crippen LogP contribution is -2.42. The lowest BCUT2D eigenvalue weighted by Gasteiger charge is -2.27. The molecular formula is C16H21NO3. The average Bonchev–Trinajstić information content (AvgIpc) is 2.43. The Morgan fingerprint density at radius 3 is 2.05 bits per heavy atom. The summed E-state index contributed by atoms with van der Waals surface area (Å²) < 4.78 is 0. The van der Waals surface area contributed by atoms with Gasteiger partial charge in [-0.05, 0) is 23.5 Å². The van der Waals surface area contributed by atoms with Gasteiger partial charge in [0.2, 0.25) is 11.8 Å². The Labute approximate surface area is 119 Å². The molecule has 4 nitrogen and oxygen atoms in total. The molecular weight excluding hydrogens is 254 g/mol. The first kappa shape index (κ1) is 14.7. The Hall–Kier alpha value is -1.68. The predicted molar refractivity (Wildman–Crippen MR) is 76.1 cm³/mol. The zero-order valence-electron chi connectivity index (χ0n) is 12.0. The summed E-state index contributed by atoms with van der Waals surface area (Å²) in [6, 6.07) is 7.67. The number of benzene rings is 1. The molecule has 0 spiro atoms. The fourth-order valence-corrected chi connectivity index (χ4v) is 2.38. The molecule has 1 aliphatic heterocycles. The molecule has 1 heterocycles. The smallest absolute Gasteiger partial charge is 0.229 e. The van der Waals surface area contributed by atoms with Crippen molar-refractivity contribution in [2.75, 3.05) is 6.54 Å². The van der Waals surface area contributed by atoms with Crippen molar-refractivity contribution >= 4 is 11.8 Å². The van der Waals surface area contributed by atoms with Gasteiger partial charge >= 0.3 is 0 Å². The van der Waals surface area contributed by atoms with E-state index in [1.165, 1.54) is 10.5 Å². The summed E-state index contributed by atoms with van der Waals surface area (Å²) in [5.74, 6) is 0.0737. The highest BCUT2D eigenvalue weighted by molar-refractivity contribution is 5.97. The van der Waals surface area contributed by atoms with E-state index in [0.29, 0.717) is 25.2 Å². The van der Waals surface area contributed by atoms with Gasteiger partial charge < -0.3 is 5.11 Å². The predicted octanol–water partition coefficient (Wildman–Crippen LogP) is 2.38. The summed E-state index contributed by atoms with van der Waals surface area (Å²) >= 11 is 0. The van der Waals surface area contributed by atoms with Crippen molar-refractivity contribution in [3.05, 3.63) is 35.4 Å². The van der Waals surface area contributed by atoms with E-state index in [-0.39, 0.29) is 18.4 Å². The second-order valence-electron chi connectivity index (χ2n) is 5.59. The van der Waals surface area contributed by atoms with Gasteiger partial charge in [0.1, 0.15) is 0 Å². The minimum Gasteiger partial charge on any atom is -0.387 e. The Morgan fingerprint density at radius 2 is 1.55 bits per heavy atom. The SMILES string of the molecule is CC(C)c1ccc(C(O)CN2C(=O)CCCC2=O)cc1. The number of likely N-dealkylation sites (tertiary alicyclic amines) is 1. The number of hydrogen-bond donors (Lipinski definition) is 1. The van der Waals surface area contributed by atoms with Crippen LogP contribution in [-0.2, 0) is 9.59 Å². The van der Waals surface area contributed by atoms with E-state index in [1.54, 1.807) is 0 Å². The highest BCUT2D eigenvalue weighted by Gasteiger charge is 2.28. The van der Waals surface area contributed by atoms with E-state index >= 15 is 0 Å². The summed E-state index contributed by atoms with van der Waals surface area (Å²) in [6.45, 7) is 4.27. The van der Waals surface area contributed by atoms with Crippen LogP contribution >= 0.6 is 0 Å². The highest BCUT2D eigenvalue weighted by atomic mass is 16.3. The summed E-state index contributed by atoms with van der Waals surface area (Å²) in [7, 11) is 0. The maximum atomic E-state index is 11.7. The largest absolute Gasteiger partial charge is 0.387 e. The van der Waals surface area contributed by atoms with Gasteiger partial charge in [-0.2, -0.15) is 0 Å². The van der Waals surface area contributed by atoms with Crippen LogP contribution in [-0.4, -0.2) is 28.4 Å². The van der Waals surface area contributed by atoms with Gasteiger partial charge in [0.05, 0.1) is 12.6 Å². The quantitative estimate of drug-likeness (QED) is 0.858. The third kappa shape index (κ3) is 3.25. The molecule has 1 aliphatic rings. The number of aliphatic hydroxyl groups excluding tert-OH is 1. The molecule has 1 aromatic rings. The fraction of sp³-hybridized carbons (Fsp3) is 0.500. The normalized spacial score (nSPS) is 17.7. The number of nitrogens with zero attached hydrogens (tertiary/aromatic N) is 1. The van der Waals surface area contributed by atoms with Crippen molar-refractivity contribution in [3.63, 3.8) is 0 Å². The van der Waals surface area contributed by atoms with Gasteiger partial charge in [0.25, 0.3) is 0 Å². The molecule has 1 saturated heterocycles. The van der Waals surface area contributed by atoms with Crippen LogP contribution in [0.1, 0.15) is 56.3 Å². The zero-order chi connectivity index (χ0) is 14.7. The lowest BCUT2D eigenvalue weighted by molar-refractivity contribution is -0.149. The first-order chi connectivity index (χ1) is 9.49. The van der Waals surface area contributed by atoms with Gasteiger partial charge in [-0.1, -0.05) is 38.1 Å². The molecule has 1 aromatic carbocycles. The number of amides is 2. The van der Waals surface area contributed by atoms with Crippen LogP contribution in [0.5, 0.6) is 0 Å². The zero-order valence-corrected chi connectivity index (χ0v) is 12.0. The standard InChI is InChI=1S/C16H21NO3/c1-11(2)12-6-8-13(9-7-12)14(18)10-17-15(19)4-3-5-16(17)20/h6-9,11,14,18H,3-5,10H2,1-2H3. The van der Waals surface area contributed by atoms with E-state index in [9.17, 15) is 14.7 Å². The van der Waals surface area contributed by atoms with Gasteiger partial charge in [0.15, 0.2) is 0 Å². The van der Waals surface area contributed by atoms with Crippen LogP contribution in [0, 0.1) is 0 Å². The maximum absolute atomic E-state index is 11.7. The summed E-state index contributed by atoms with van der Waals surface area (Å²) in [4.78, 5) is 24.6. The number of carbonyl (C=O) groups is 2. The van der Waals surface area contributed by atoms with Crippen LogP contribution in [0.2, 0.25) is 0 Å². The second-order valence-corrected chi connectivity index (χ2v) is 5.59. The van der Waals surface area contributed by atoms with Gasteiger partial charge in [0, 0.05) is 12.8 Å². The van der Waals surface area contributed by atoms with Crippen molar-refractivity contribution in [3.8, 4) is 0 Å². The molecule has 20 heavy (non-hydrogen) atoms. The van der Waals surface area contributed by atoms with E-state index in [0.717, 1.165) is 5.56 Å². The van der Waals surface area contributed by atoms with Gasteiger partial charge in [-0.3, -0.25) is 14.5 Å². The van der Waals surface area contributed by atoms with E-state index in [2.05, 4.69) is 13.8 Å². The molecule has 1 atom stereocenters. The van der Waals surface area contributed by atoms with Crippen molar-refractivity contribution in [2.24, 2.45) is 0 Å². The topological polar surface area (TPSA) is 57.6 Å². The maximum Gasteiger partial charge on any atom is 0.229 e. The van der Waals surface area contributed by atoms with Crippen molar-refractivity contribution in [2.45, 2.75) is 45.1 Å². The average molecular weight is 275 g/mol. The molecule has 1 fully saturated rings. The Kier molecular flexibility index (Phi) is 4.55. The van der Waals surface area contributed by atoms with Crippen LogP contribution < -0.4 is 0 Å². The molecule has 0 bridgehead atoms. The number of rotatable bonds is 4. The molecule has 0 saturated carbocycles. The Bertz CT molecular complexity index is 477. The number of β-amino-alcohol motifs (C(OH)–C–C–N with tert-alkyl or cyclic N) is 1. The van der Waals surface area contributed by atoms with E-state index in [4.69, 9.17) is 0 Å². The van der Waals surface area contributed by atoms with Crippen LogP contribution in [0.4, 0.5) is 0 Å². The van der Waals surface area contributed by atoms with Crippen molar-refractivity contribution < 1.29 is 14.7 Å². The number of aliphatic hydroxyl groups is 1. The third-order valence-electron chi connectivity index (χ3n) is 3.73. The number of hydrogen-bond acceptors (Lipinski definition) is 3. The summed E-state index contributed by atoms with van der Waals surface area (Å²) in [5.41, 5.74) is 1.94. The van der Waals surface area contributed by atoms with E-state index < -0.39 is 6.10 Å². The Morgan fingerprint density at radius 1 is 1.05 bits per heavy atom. The molecule has 2 amide bonds. The van der Waals surface area contributed by atoms with Crippen LogP contribution in [0.25, 0.3) is 0 Å².